The predicted octanol–water partition coefficient (Wildman–Crippen LogP) is 4.08. The molecular formula is C15H20F3NO. The molecule has 0 spiro atoms. The molecule has 112 valence electrons. The van der Waals surface area contributed by atoms with E-state index in [1.54, 1.807) is 6.07 Å². The normalized spacial score (nSPS) is 29.9. The van der Waals surface area contributed by atoms with Crippen LogP contribution in [-0.2, 0) is 0 Å². The third kappa shape index (κ3) is 2.77. The minimum Gasteiger partial charge on any atom is -0.406 e. The van der Waals surface area contributed by atoms with Gasteiger partial charge in [-0.25, -0.2) is 0 Å². The number of hydrogen-bond donors (Lipinski definition) is 1. The summed E-state index contributed by atoms with van der Waals surface area (Å²) in [6.07, 6.45) is -2.72. The van der Waals surface area contributed by atoms with Crippen molar-refractivity contribution in [2.45, 2.75) is 45.0 Å². The minimum absolute atomic E-state index is 0.0750. The van der Waals surface area contributed by atoms with Gasteiger partial charge in [0, 0.05) is 6.04 Å². The summed E-state index contributed by atoms with van der Waals surface area (Å²) >= 11 is 0. The van der Waals surface area contributed by atoms with Gasteiger partial charge in [0.25, 0.3) is 0 Å². The number of hydrogen-bond acceptors (Lipinski definition) is 2. The van der Waals surface area contributed by atoms with Crippen LogP contribution in [0.5, 0.6) is 5.75 Å². The van der Waals surface area contributed by atoms with Crippen LogP contribution in [0.2, 0.25) is 0 Å². The van der Waals surface area contributed by atoms with Gasteiger partial charge in [-0.1, -0.05) is 26.0 Å². The van der Waals surface area contributed by atoms with E-state index in [0.717, 1.165) is 18.4 Å². The average Bonchev–Trinajstić information content (AvgIpc) is 2.35. The van der Waals surface area contributed by atoms with Crippen molar-refractivity contribution in [2.24, 2.45) is 5.41 Å². The Morgan fingerprint density at radius 1 is 1.40 bits per heavy atom. The van der Waals surface area contributed by atoms with Gasteiger partial charge >= 0.3 is 6.36 Å². The maximum absolute atomic E-state index is 12.3. The van der Waals surface area contributed by atoms with Crippen molar-refractivity contribution in [2.75, 3.05) is 7.05 Å². The summed E-state index contributed by atoms with van der Waals surface area (Å²) in [6.45, 7) is 4.30. The molecule has 2 nitrogen and oxygen atoms in total. The second kappa shape index (κ2) is 5.28. The molecule has 0 radical (unpaired) electrons. The molecule has 0 amide bonds. The van der Waals surface area contributed by atoms with E-state index in [9.17, 15) is 13.2 Å². The molecule has 1 aromatic carbocycles. The van der Waals surface area contributed by atoms with Crippen molar-refractivity contribution in [1.29, 1.82) is 0 Å². The van der Waals surface area contributed by atoms with Crippen LogP contribution in [0.4, 0.5) is 13.2 Å². The Balaban J connectivity index is 2.20. The first-order chi connectivity index (χ1) is 9.30. The molecular weight excluding hydrogens is 267 g/mol. The molecule has 1 fully saturated rings. The molecule has 0 bridgehead atoms. The maximum atomic E-state index is 12.3. The Labute approximate surface area is 117 Å². The number of halogens is 3. The molecule has 1 aliphatic rings. The van der Waals surface area contributed by atoms with E-state index in [1.165, 1.54) is 12.1 Å². The number of benzene rings is 1. The average molecular weight is 287 g/mol. The van der Waals surface area contributed by atoms with Gasteiger partial charge < -0.3 is 10.1 Å². The highest BCUT2D eigenvalue weighted by atomic mass is 19.4. The molecule has 20 heavy (non-hydrogen) atoms. The standard InChI is InChI=1S/C15H20F3NO/c1-4-14(2)12(9-13(14)19-3)10-6-5-7-11(8-10)20-15(16,17)18/h5-8,12-13,19H,4,9H2,1-3H3. The topological polar surface area (TPSA) is 21.3 Å². The lowest BCUT2D eigenvalue weighted by Crippen LogP contribution is -2.55. The Morgan fingerprint density at radius 3 is 2.65 bits per heavy atom. The zero-order valence-electron chi connectivity index (χ0n) is 11.9. The molecule has 5 heteroatoms. The van der Waals surface area contributed by atoms with E-state index in [4.69, 9.17) is 0 Å². The lowest BCUT2D eigenvalue weighted by Gasteiger charge is -2.54. The molecule has 0 aliphatic heterocycles. The van der Waals surface area contributed by atoms with Crippen LogP contribution >= 0.6 is 0 Å². The zero-order valence-corrected chi connectivity index (χ0v) is 11.9. The molecule has 0 aromatic heterocycles. The number of ether oxygens (including phenoxy) is 1. The molecule has 0 saturated heterocycles. The van der Waals surface area contributed by atoms with E-state index in [1.807, 2.05) is 13.1 Å². The van der Waals surface area contributed by atoms with Crippen molar-refractivity contribution >= 4 is 0 Å². The smallest absolute Gasteiger partial charge is 0.406 e. The van der Waals surface area contributed by atoms with Crippen LogP contribution in [0.15, 0.2) is 24.3 Å². The van der Waals surface area contributed by atoms with Crippen molar-refractivity contribution in [3.8, 4) is 5.75 Å². The van der Waals surface area contributed by atoms with Gasteiger partial charge in [-0.05, 0) is 48.9 Å². The van der Waals surface area contributed by atoms with Gasteiger partial charge in [-0.15, -0.1) is 13.2 Å². The number of nitrogens with one attached hydrogen (secondary N) is 1. The molecule has 3 atom stereocenters. The van der Waals surface area contributed by atoms with Crippen LogP contribution < -0.4 is 10.1 Å². The van der Waals surface area contributed by atoms with Crippen LogP contribution in [-0.4, -0.2) is 19.5 Å². The minimum atomic E-state index is -4.64. The summed E-state index contributed by atoms with van der Waals surface area (Å²) in [5.41, 5.74) is 0.994. The van der Waals surface area contributed by atoms with Gasteiger partial charge in [0.05, 0.1) is 0 Å². The third-order valence-corrected chi connectivity index (χ3v) is 4.67. The van der Waals surface area contributed by atoms with Crippen molar-refractivity contribution in [3.63, 3.8) is 0 Å². The molecule has 0 heterocycles. The van der Waals surface area contributed by atoms with Gasteiger partial charge in [0.1, 0.15) is 5.75 Å². The van der Waals surface area contributed by atoms with Crippen LogP contribution in [0.1, 0.15) is 38.2 Å². The fourth-order valence-corrected chi connectivity index (χ4v) is 3.24. The fraction of sp³-hybridized carbons (Fsp3) is 0.600. The fourth-order valence-electron chi connectivity index (χ4n) is 3.24. The zero-order chi connectivity index (χ0) is 15.0. The van der Waals surface area contributed by atoms with Gasteiger partial charge in [0.15, 0.2) is 0 Å². The number of rotatable bonds is 4. The first kappa shape index (κ1) is 15.2. The lowest BCUT2D eigenvalue weighted by molar-refractivity contribution is -0.274. The Kier molecular flexibility index (Phi) is 4.00. The van der Waals surface area contributed by atoms with Gasteiger partial charge in [-0.2, -0.15) is 0 Å². The lowest BCUT2D eigenvalue weighted by atomic mass is 9.54. The number of alkyl halides is 3. The van der Waals surface area contributed by atoms with E-state index >= 15 is 0 Å². The summed E-state index contributed by atoms with van der Waals surface area (Å²) in [6, 6.07) is 6.77. The molecule has 2 rings (SSSR count). The second-order valence-electron chi connectivity index (χ2n) is 5.61. The van der Waals surface area contributed by atoms with E-state index in [-0.39, 0.29) is 17.1 Å². The first-order valence-corrected chi connectivity index (χ1v) is 6.83. The summed E-state index contributed by atoms with van der Waals surface area (Å²) in [5.74, 6) is 0.128. The largest absolute Gasteiger partial charge is 0.573 e. The molecule has 1 saturated carbocycles. The van der Waals surface area contributed by atoms with E-state index in [2.05, 4.69) is 23.9 Å². The molecule has 3 unspecified atom stereocenters. The quantitative estimate of drug-likeness (QED) is 0.901. The maximum Gasteiger partial charge on any atom is 0.573 e. The van der Waals surface area contributed by atoms with Crippen LogP contribution in [0, 0.1) is 5.41 Å². The van der Waals surface area contributed by atoms with Crippen molar-refractivity contribution in [1.82, 2.24) is 5.32 Å². The van der Waals surface area contributed by atoms with Gasteiger partial charge in [-0.3, -0.25) is 0 Å². The Hall–Kier alpha value is -1.23. The highest BCUT2D eigenvalue weighted by Crippen LogP contribution is 2.55. The monoisotopic (exact) mass is 287 g/mol. The van der Waals surface area contributed by atoms with Crippen LogP contribution in [0.3, 0.4) is 0 Å². The van der Waals surface area contributed by atoms with Crippen molar-refractivity contribution in [3.05, 3.63) is 29.8 Å². The highest BCUT2D eigenvalue weighted by molar-refractivity contribution is 5.35. The molecule has 1 N–H and O–H groups in total. The predicted molar refractivity (Wildman–Crippen MR) is 71.7 cm³/mol. The summed E-state index contributed by atoms with van der Waals surface area (Å²) < 4.78 is 40.8. The molecule has 1 aromatic rings. The summed E-state index contributed by atoms with van der Waals surface area (Å²) in [4.78, 5) is 0. The third-order valence-electron chi connectivity index (χ3n) is 4.67. The Morgan fingerprint density at radius 2 is 2.10 bits per heavy atom. The highest BCUT2D eigenvalue weighted by Gasteiger charge is 2.50. The second-order valence-corrected chi connectivity index (χ2v) is 5.61. The van der Waals surface area contributed by atoms with Gasteiger partial charge in [0.2, 0.25) is 0 Å². The summed E-state index contributed by atoms with van der Waals surface area (Å²) in [5, 5.41) is 3.28. The van der Waals surface area contributed by atoms with E-state index in [0.29, 0.717) is 6.04 Å². The van der Waals surface area contributed by atoms with E-state index < -0.39 is 6.36 Å². The van der Waals surface area contributed by atoms with Crippen LogP contribution in [0.25, 0.3) is 0 Å². The Bertz CT molecular complexity index is 474. The van der Waals surface area contributed by atoms with Crippen molar-refractivity contribution < 1.29 is 17.9 Å². The summed E-state index contributed by atoms with van der Waals surface area (Å²) in [7, 11) is 1.93. The first-order valence-electron chi connectivity index (χ1n) is 6.83. The molecule has 1 aliphatic carbocycles. The SMILES string of the molecule is CCC1(C)C(NC)CC1c1cccc(OC(F)(F)F)c1.